The van der Waals surface area contributed by atoms with Crippen LogP contribution < -0.4 is 0 Å². The van der Waals surface area contributed by atoms with Gasteiger partial charge in [-0.05, 0) is 45.8 Å². The van der Waals surface area contributed by atoms with Crippen molar-refractivity contribution in [1.29, 1.82) is 0 Å². The Morgan fingerprint density at radius 1 is 1.33 bits per heavy atom. The molecule has 0 aromatic rings. The summed E-state index contributed by atoms with van der Waals surface area (Å²) in [6.45, 7) is 2.49. The molecule has 0 aromatic carbocycles. The van der Waals surface area contributed by atoms with Gasteiger partial charge in [0.1, 0.15) is 0 Å². The van der Waals surface area contributed by atoms with Crippen LogP contribution >= 0.6 is 0 Å². The SMILES string of the molecule is CC1C2C13C14C5CC51C234. The van der Waals surface area contributed by atoms with E-state index in [1.807, 2.05) is 0 Å². The van der Waals surface area contributed by atoms with Crippen LogP contribution in [0.3, 0.4) is 0 Å². The van der Waals surface area contributed by atoms with Crippen LogP contribution in [-0.4, -0.2) is 0 Å². The van der Waals surface area contributed by atoms with Gasteiger partial charge in [0.05, 0.1) is 0 Å². The van der Waals surface area contributed by atoms with Crippen molar-refractivity contribution in [2.45, 2.75) is 13.3 Å². The second-order valence-corrected chi connectivity index (χ2v) is 5.48. The maximum absolute atomic E-state index is 2.49. The molecule has 0 heterocycles. The van der Waals surface area contributed by atoms with Gasteiger partial charge < -0.3 is 0 Å². The van der Waals surface area contributed by atoms with Crippen molar-refractivity contribution in [3.63, 3.8) is 0 Å². The first-order valence-electron chi connectivity index (χ1n) is 4.37. The number of hydrogen-bond acceptors (Lipinski definition) is 0. The van der Waals surface area contributed by atoms with Gasteiger partial charge in [0, 0.05) is 0 Å². The minimum Gasteiger partial charge on any atom is -0.0616 e. The molecule has 0 aromatic heterocycles. The van der Waals surface area contributed by atoms with Crippen molar-refractivity contribution >= 4 is 0 Å². The third-order valence-corrected chi connectivity index (χ3v) is 6.59. The highest BCUT2D eigenvalue weighted by Gasteiger charge is 3.48. The summed E-state index contributed by atoms with van der Waals surface area (Å²) in [5.74, 6) is 3.84. The summed E-state index contributed by atoms with van der Waals surface area (Å²) < 4.78 is 0. The Morgan fingerprint density at radius 2 is 2.22 bits per heavy atom. The van der Waals surface area contributed by atoms with Crippen LogP contribution in [0, 0.1) is 39.4 Å². The van der Waals surface area contributed by atoms with Crippen LogP contribution in [0.1, 0.15) is 13.3 Å². The maximum Gasteiger partial charge on any atom is -0.00567 e. The van der Waals surface area contributed by atoms with E-state index in [0.717, 1.165) is 21.7 Å². The summed E-state index contributed by atoms with van der Waals surface area (Å²) in [7, 11) is 0. The van der Waals surface area contributed by atoms with E-state index >= 15 is 0 Å². The molecule has 0 radical (unpaired) electrons. The Kier molecular flexibility index (Phi) is 0.111. The lowest BCUT2D eigenvalue weighted by molar-refractivity contribution is 0.441. The molecule has 0 N–H and O–H groups in total. The van der Waals surface area contributed by atoms with Crippen LogP contribution in [0.15, 0.2) is 0 Å². The van der Waals surface area contributed by atoms with Gasteiger partial charge in [0.15, 0.2) is 0 Å². The van der Waals surface area contributed by atoms with Crippen molar-refractivity contribution in [3.8, 4) is 0 Å². The van der Waals surface area contributed by atoms with Crippen molar-refractivity contribution in [1.82, 2.24) is 0 Å². The molecule has 0 aliphatic heterocycles. The molecule has 0 nitrogen and oxygen atoms in total. The topological polar surface area (TPSA) is 0 Å². The second-order valence-electron chi connectivity index (χ2n) is 5.48. The summed E-state index contributed by atoms with van der Waals surface area (Å²) in [4.78, 5) is 0. The van der Waals surface area contributed by atoms with E-state index in [1.54, 1.807) is 6.42 Å². The lowest BCUT2D eigenvalue weighted by Gasteiger charge is -2.02. The van der Waals surface area contributed by atoms with Gasteiger partial charge in [-0.2, -0.15) is 0 Å². The van der Waals surface area contributed by atoms with E-state index in [4.69, 9.17) is 0 Å². The van der Waals surface area contributed by atoms with E-state index in [1.165, 1.54) is 17.8 Å². The summed E-state index contributed by atoms with van der Waals surface area (Å²) in [6.07, 6.45) is 1.68. The van der Waals surface area contributed by atoms with Crippen molar-refractivity contribution < 1.29 is 0 Å². The van der Waals surface area contributed by atoms with E-state index in [0.29, 0.717) is 0 Å². The Hall–Kier alpha value is 0. The van der Waals surface area contributed by atoms with Gasteiger partial charge in [-0.1, -0.05) is 6.92 Å². The monoisotopic (exact) mass is 116 g/mol. The molecule has 6 rings (SSSR count). The summed E-state index contributed by atoms with van der Waals surface area (Å²) in [6, 6.07) is 0. The first-order chi connectivity index (χ1) is 4.37. The van der Waals surface area contributed by atoms with Crippen molar-refractivity contribution in [3.05, 3.63) is 0 Å². The summed E-state index contributed by atoms with van der Waals surface area (Å²) >= 11 is 0. The highest BCUT2D eigenvalue weighted by Crippen LogP contribution is 3.50. The summed E-state index contributed by atoms with van der Waals surface area (Å²) in [5.41, 5.74) is 4.49. The quantitative estimate of drug-likeness (QED) is 0.447. The van der Waals surface area contributed by atoms with Gasteiger partial charge in [-0.3, -0.25) is 0 Å². The second kappa shape index (κ2) is 0.339. The average Bonchev–Trinajstić information content (AvgIpc) is 2.48. The minimum atomic E-state index is 1.10. The van der Waals surface area contributed by atoms with Gasteiger partial charge >= 0.3 is 0 Å². The zero-order chi connectivity index (χ0) is 5.44. The molecular formula is C9H8. The van der Waals surface area contributed by atoms with Gasteiger partial charge in [-0.15, -0.1) is 0 Å². The lowest BCUT2D eigenvalue weighted by atomic mass is 10.0. The standard InChI is InChI=1S/C9H8/c1-3-5-7(3)8-4-2-6(4,8)9(5,7)8/h3-5H,2H2,1H3. The fourth-order valence-corrected chi connectivity index (χ4v) is 6.80. The Labute approximate surface area is 53.6 Å². The summed E-state index contributed by atoms with van der Waals surface area (Å²) in [5, 5.41) is 0. The van der Waals surface area contributed by atoms with E-state index in [9.17, 15) is 0 Å². The van der Waals surface area contributed by atoms with Crippen molar-refractivity contribution in [2.75, 3.05) is 0 Å². The van der Waals surface area contributed by atoms with Crippen LogP contribution in [0.25, 0.3) is 0 Å². The lowest BCUT2D eigenvalue weighted by Crippen LogP contribution is -1.99. The molecule has 0 heteroatoms. The van der Waals surface area contributed by atoms with E-state index in [-0.39, 0.29) is 0 Å². The van der Waals surface area contributed by atoms with Crippen LogP contribution in [-0.2, 0) is 0 Å². The fraction of sp³-hybridized carbons (Fsp3) is 1.00. The molecule has 7 atom stereocenters. The molecule has 44 valence electrons. The molecular weight excluding hydrogens is 108 g/mol. The number of rotatable bonds is 0. The molecule has 4 spiro atoms. The molecule has 6 fully saturated rings. The van der Waals surface area contributed by atoms with Gasteiger partial charge in [0.25, 0.3) is 0 Å². The van der Waals surface area contributed by atoms with Gasteiger partial charge in [-0.25, -0.2) is 0 Å². The van der Waals surface area contributed by atoms with Crippen LogP contribution in [0.2, 0.25) is 0 Å². The number of hydrogen-bond donors (Lipinski definition) is 0. The van der Waals surface area contributed by atoms with Crippen molar-refractivity contribution in [2.24, 2.45) is 39.4 Å². The minimum absolute atomic E-state index is 1.10. The van der Waals surface area contributed by atoms with E-state index < -0.39 is 0 Å². The Bertz CT molecular complexity index is 311. The smallest absolute Gasteiger partial charge is 0.00567 e. The maximum atomic E-state index is 2.49. The predicted molar refractivity (Wildman–Crippen MR) is 30.5 cm³/mol. The Morgan fingerprint density at radius 3 is 2.56 bits per heavy atom. The van der Waals surface area contributed by atoms with E-state index in [2.05, 4.69) is 6.92 Å². The zero-order valence-electron chi connectivity index (χ0n) is 5.44. The molecule has 6 saturated carbocycles. The first kappa shape index (κ1) is 2.94. The molecule has 0 bridgehead atoms. The zero-order valence-corrected chi connectivity index (χ0v) is 5.44. The highest BCUT2D eigenvalue weighted by molar-refractivity contribution is 5.93. The third kappa shape index (κ3) is 0.0556. The average molecular weight is 116 g/mol. The molecule has 0 saturated heterocycles. The molecule has 7 unspecified atom stereocenters. The highest BCUT2D eigenvalue weighted by atomic mass is 15.5. The van der Waals surface area contributed by atoms with Crippen LogP contribution in [0.5, 0.6) is 0 Å². The predicted octanol–water partition coefficient (Wildman–Crippen LogP) is 1.27. The largest absolute Gasteiger partial charge is 0.0616 e. The van der Waals surface area contributed by atoms with Crippen LogP contribution in [0.4, 0.5) is 0 Å². The molecule has 6 aliphatic carbocycles. The normalized spacial score (nSPS) is 124. The Balaban J connectivity index is 1.87. The molecule has 0 amide bonds. The molecule has 6 aliphatic rings. The van der Waals surface area contributed by atoms with Gasteiger partial charge in [0.2, 0.25) is 0 Å². The molecule has 9 heavy (non-hydrogen) atoms. The fourth-order valence-electron chi connectivity index (χ4n) is 6.80. The third-order valence-electron chi connectivity index (χ3n) is 6.59. The first-order valence-corrected chi connectivity index (χ1v) is 4.37.